The van der Waals surface area contributed by atoms with Gasteiger partial charge in [0.05, 0.1) is 6.04 Å². The molecule has 2 aliphatic rings. The number of carbonyl (C=O) groups excluding carboxylic acids is 1. The lowest BCUT2D eigenvalue weighted by Crippen LogP contribution is -2.48. The molecule has 108 valence electrons. The molecule has 1 saturated heterocycles. The Labute approximate surface area is 120 Å². The van der Waals surface area contributed by atoms with Crippen LogP contribution in [0.4, 0.5) is 10.5 Å². The summed E-state index contributed by atoms with van der Waals surface area (Å²) in [4.78, 5) is 14.0. The van der Waals surface area contributed by atoms with E-state index in [2.05, 4.69) is 29.6 Å². The zero-order chi connectivity index (χ0) is 14.3. The van der Waals surface area contributed by atoms with Gasteiger partial charge in [-0.05, 0) is 38.8 Å². The van der Waals surface area contributed by atoms with Crippen LogP contribution in [0.15, 0.2) is 24.3 Å². The Morgan fingerprint density at radius 1 is 1.35 bits per heavy atom. The van der Waals surface area contributed by atoms with Crippen LogP contribution in [0.25, 0.3) is 0 Å². The molecule has 1 amide bonds. The van der Waals surface area contributed by atoms with Crippen molar-refractivity contribution in [2.24, 2.45) is 0 Å². The molecule has 1 N–H and O–H groups in total. The van der Waals surface area contributed by atoms with Crippen molar-refractivity contribution in [3.63, 3.8) is 0 Å². The first-order valence-corrected chi connectivity index (χ1v) is 7.27. The summed E-state index contributed by atoms with van der Waals surface area (Å²) in [5.74, 6) is 0.518. The molecular formula is C16H22N2O2. The van der Waals surface area contributed by atoms with Gasteiger partial charge >= 0.3 is 6.09 Å². The monoisotopic (exact) mass is 274 g/mol. The largest absolute Gasteiger partial charge is 0.444 e. The normalized spacial score (nSPS) is 24.6. The van der Waals surface area contributed by atoms with E-state index in [9.17, 15) is 4.79 Å². The van der Waals surface area contributed by atoms with E-state index in [4.69, 9.17) is 4.74 Å². The maximum absolute atomic E-state index is 12.2. The number of rotatable bonds is 0. The van der Waals surface area contributed by atoms with Gasteiger partial charge in [-0.1, -0.05) is 18.2 Å². The number of nitrogens with zero attached hydrogens (tertiary/aromatic N) is 1. The van der Waals surface area contributed by atoms with Crippen LogP contribution < -0.4 is 5.32 Å². The van der Waals surface area contributed by atoms with Crippen LogP contribution in [-0.2, 0) is 4.74 Å². The molecule has 1 aromatic rings. The lowest BCUT2D eigenvalue weighted by molar-refractivity contribution is 0.0197. The molecule has 0 bridgehead atoms. The van der Waals surface area contributed by atoms with Gasteiger partial charge in [-0.25, -0.2) is 4.79 Å². The van der Waals surface area contributed by atoms with E-state index >= 15 is 0 Å². The first-order valence-electron chi connectivity index (χ1n) is 7.27. The summed E-state index contributed by atoms with van der Waals surface area (Å²) in [6.45, 7) is 7.20. The Hall–Kier alpha value is -1.71. The van der Waals surface area contributed by atoms with E-state index in [1.165, 1.54) is 11.3 Å². The minimum Gasteiger partial charge on any atom is -0.444 e. The standard InChI is InChI=1S/C16H22N2O2/c1-16(2,3)20-15(19)18-9-8-12-11-6-4-5-7-13(11)17-14(12)10-18/h4-7,12,14,17H,8-10H2,1-3H3/t12-,14-/m1/s1. The Morgan fingerprint density at radius 2 is 2.10 bits per heavy atom. The van der Waals surface area contributed by atoms with Gasteiger partial charge in [0.2, 0.25) is 0 Å². The molecule has 1 aromatic carbocycles. The van der Waals surface area contributed by atoms with Crippen molar-refractivity contribution >= 4 is 11.8 Å². The summed E-state index contributed by atoms with van der Waals surface area (Å²) in [5.41, 5.74) is 2.18. The highest BCUT2D eigenvalue weighted by atomic mass is 16.6. The zero-order valence-electron chi connectivity index (χ0n) is 12.3. The van der Waals surface area contributed by atoms with Crippen LogP contribution >= 0.6 is 0 Å². The second kappa shape index (κ2) is 4.69. The van der Waals surface area contributed by atoms with E-state index in [0.29, 0.717) is 18.5 Å². The summed E-state index contributed by atoms with van der Waals surface area (Å²) < 4.78 is 5.46. The number of hydrogen-bond donors (Lipinski definition) is 1. The highest BCUT2D eigenvalue weighted by molar-refractivity contribution is 5.69. The number of anilines is 1. The molecule has 2 heterocycles. The number of piperidine rings is 1. The predicted molar refractivity (Wildman–Crippen MR) is 79.0 cm³/mol. The van der Waals surface area contributed by atoms with E-state index in [1.807, 2.05) is 25.7 Å². The summed E-state index contributed by atoms with van der Waals surface area (Å²) in [6.07, 6.45) is 0.794. The van der Waals surface area contributed by atoms with Gasteiger partial charge in [-0.2, -0.15) is 0 Å². The highest BCUT2D eigenvalue weighted by Gasteiger charge is 2.38. The van der Waals surface area contributed by atoms with Crippen LogP contribution in [0, 0.1) is 0 Å². The molecule has 0 saturated carbocycles. The van der Waals surface area contributed by atoms with Gasteiger partial charge in [-0.15, -0.1) is 0 Å². The smallest absolute Gasteiger partial charge is 0.410 e. The quantitative estimate of drug-likeness (QED) is 0.790. The average molecular weight is 274 g/mol. The van der Waals surface area contributed by atoms with Crippen LogP contribution in [0.1, 0.15) is 38.7 Å². The number of fused-ring (bicyclic) bond motifs is 3. The number of hydrogen-bond acceptors (Lipinski definition) is 3. The third-order valence-corrected chi connectivity index (χ3v) is 3.97. The van der Waals surface area contributed by atoms with Crippen molar-refractivity contribution in [1.82, 2.24) is 4.90 Å². The molecule has 4 heteroatoms. The van der Waals surface area contributed by atoms with E-state index < -0.39 is 5.60 Å². The Kier molecular flexibility index (Phi) is 3.11. The highest BCUT2D eigenvalue weighted by Crippen LogP contribution is 2.40. The van der Waals surface area contributed by atoms with Crippen molar-refractivity contribution in [1.29, 1.82) is 0 Å². The van der Waals surface area contributed by atoms with Gasteiger partial charge in [0.1, 0.15) is 5.60 Å². The number of amides is 1. The number of ether oxygens (including phenoxy) is 1. The summed E-state index contributed by atoms with van der Waals surface area (Å²) in [7, 11) is 0. The molecule has 0 aromatic heterocycles. The molecule has 0 unspecified atom stereocenters. The second-order valence-corrected chi connectivity index (χ2v) is 6.66. The molecular weight excluding hydrogens is 252 g/mol. The van der Waals surface area contributed by atoms with E-state index in [0.717, 1.165) is 13.0 Å². The van der Waals surface area contributed by atoms with Crippen LogP contribution in [-0.4, -0.2) is 35.7 Å². The fraction of sp³-hybridized carbons (Fsp3) is 0.562. The Balaban J connectivity index is 1.68. The molecule has 0 spiro atoms. The van der Waals surface area contributed by atoms with E-state index in [-0.39, 0.29) is 6.09 Å². The number of carbonyl (C=O) groups is 1. The average Bonchev–Trinajstić information content (AvgIpc) is 2.74. The maximum atomic E-state index is 12.2. The summed E-state index contributed by atoms with van der Waals surface area (Å²) in [6, 6.07) is 8.76. The summed E-state index contributed by atoms with van der Waals surface area (Å²) in [5, 5.41) is 3.53. The predicted octanol–water partition coefficient (Wildman–Crippen LogP) is 3.21. The third kappa shape index (κ3) is 2.47. The maximum Gasteiger partial charge on any atom is 0.410 e. The van der Waals surface area contributed by atoms with Gasteiger partial charge in [-0.3, -0.25) is 0 Å². The molecule has 4 nitrogen and oxygen atoms in total. The third-order valence-electron chi connectivity index (χ3n) is 3.97. The topological polar surface area (TPSA) is 41.6 Å². The molecule has 3 rings (SSSR count). The Morgan fingerprint density at radius 3 is 2.85 bits per heavy atom. The van der Waals surface area contributed by atoms with Crippen LogP contribution in [0.3, 0.4) is 0 Å². The van der Waals surface area contributed by atoms with Gasteiger partial charge in [0, 0.05) is 24.7 Å². The van der Waals surface area contributed by atoms with Gasteiger partial charge in [0.25, 0.3) is 0 Å². The molecule has 1 fully saturated rings. The minimum absolute atomic E-state index is 0.200. The second-order valence-electron chi connectivity index (χ2n) is 6.66. The van der Waals surface area contributed by atoms with E-state index in [1.54, 1.807) is 0 Å². The fourth-order valence-corrected chi connectivity index (χ4v) is 3.11. The van der Waals surface area contributed by atoms with Crippen molar-refractivity contribution in [2.45, 2.75) is 44.8 Å². The summed E-state index contributed by atoms with van der Waals surface area (Å²) >= 11 is 0. The number of nitrogens with one attached hydrogen (secondary N) is 1. The minimum atomic E-state index is -0.431. The lowest BCUT2D eigenvalue weighted by atomic mass is 9.89. The lowest BCUT2D eigenvalue weighted by Gasteiger charge is -2.36. The van der Waals surface area contributed by atoms with Crippen molar-refractivity contribution in [2.75, 3.05) is 18.4 Å². The first-order chi connectivity index (χ1) is 9.44. The molecule has 0 aliphatic carbocycles. The van der Waals surface area contributed by atoms with Gasteiger partial charge in [0.15, 0.2) is 0 Å². The number of likely N-dealkylation sites (tertiary alicyclic amines) is 1. The Bertz CT molecular complexity index is 521. The SMILES string of the molecule is CC(C)(C)OC(=O)N1CC[C@@H]2c3ccccc3N[C@@H]2C1. The molecule has 20 heavy (non-hydrogen) atoms. The van der Waals surface area contributed by atoms with Crippen molar-refractivity contribution < 1.29 is 9.53 Å². The number of para-hydroxylation sites is 1. The zero-order valence-corrected chi connectivity index (χ0v) is 12.3. The fourth-order valence-electron chi connectivity index (χ4n) is 3.11. The molecule has 2 aliphatic heterocycles. The van der Waals surface area contributed by atoms with Crippen LogP contribution in [0.2, 0.25) is 0 Å². The van der Waals surface area contributed by atoms with Crippen LogP contribution in [0.5, 0.6) is 0 Å². The molecule has 2 atom stereocenters. The van der Waals surface area contributed by atoms with Crippen molar-refractivity contribution in [3.05, 3.63) is 29.8 Å². The molecule has 0 radical (unpaired) electrons. The first kappa shape index (κ1) is 13.3. The van der Waals surface area contributed by atoms with Gasteiger partial charge < -0.3 is 15.0 Å². The van der Waals surface area contributed by atoms with Crippen molar-refractivity contribution in [3.8, 4) is 0 Å². The number of benzene rings is 1.